The summed E-state index contributed by atoms with van der Waals surface area (Å²) in [5.41, 5.74) is 3.09. The molecule has 1 aromatic heterocycles. The highest BCUT2D eigenvalue weighted by Crippen LogP contribution is 2.41. The Labute approximate surface area is 145 Å². The molecule has 120 valence electrons. The van der Waals surface area contributed by atoms with Gasteiger partial charge in [-0.25, -0.2) is 4.98 Å². The number of Topliss-reactive ketones (excluding diaryl/α,β-unsaturated/α-hetero) is 1. The van der Waals surface area contributed by atoms with Crippen molar-refractivity contribution in [2.24, 2.45) is 0 Å². The van der Waals surface area contributed by atoms with Crippen LogP contribution in [0.1, 0.15) is 29.2 Å². The van der Waals surface area contributed by atoms with Crippen LogP contribution in [-0.4, -0.2) is 21.1 Å². The molecule has 1 aliphatic rings. The van der Waals surface area contributed by atoms with Crippen LogP contribution in [0.25, 0.3) is 11.3 Å². The Morgan fingerprint density at radius 3 is 2.38 bits per heavy atom. The van der Waals surface area contributed by atoms with Gasteiger partial charge in [-0.3, -0.25) is 4.79 Å². The third-order valence-electron chi connectivity index (χ3n) is 4.17. The van der Waals surface area contributed by atoms with E-state index in [1.807, 2.05) is 54.7 Å². The van der Waals surface area contributed by atoms with E-state index in [9.17, 15) is 4.79 Å². The predicted octanol–water partition coefficient (Wildman–Crippen LogP) is 4.86. The molecule has 4 heteroatoms. The Hall–Kier alpha value is -2.33. The predicted molar refractivity (Wildman–Crippen MR) is 97.4 cm³/mol. The average Bonchev–Trinajstić information content (AvgIpc) is 3.40. The lowest BCUT2D eigenvalue weighted by molar-refractivity contribution is 0.102. The number of hydrogen-bond donors (Lipinski definition) is 0. The Bertz CT molecular complexity index is 839. The first kappa shape index (κ1) is 15.2. The molecule has 0 atom stereocenters. The van der Waals surface area contributed by atoms with Crippen molar-refractivity contribution < 1.29 is 4.79 Å². The van der Waals surface area contributed by atoms with Crippen LogP contribution in [0.2, 0.25) is 0 Å². The number of rotatable bonds is 6. The zero-order valence-corrected chi connectivity index (χ0v) is 14.1. The minimum atomic E-state index is 0.146. The third kappa shape index (κ3) is 3.15. The molecular weight excluding hydrogens is 316 g/mol. The molecule has 4 rings (SSSR count). The van der Waals surface area contributed by atoms with E-state index in [4.69, 9.17) is 0 Å². The van der Waals surface area contributed by atoms with Gasteiger partial charge in [-0.05, 0) is 18.4 Å². The summed E-state index contributed by atoms with van der Waals surface area (Å²) in [7, 11) is 0. The Kier molecular flexibility index (Phi) is 4.22. The van der Waals surface area contributed by atoms with Gasteiger partial charge >= 0.3 is 0 Å². The lowest BCUT2D eigenvalue weighted by atomic mass is 10.2. The number of aromatic nitrogens is 2. The van der Waals surface area contributed by atoms with Gasteiger partial charge in [-0.2, -0.15) is 0 Å². The molecule has 0 saturated heterocycles. The number of ketones is 1. The number of imidazole rings is 1. The second kappa shape index (κ2) is 6.65. The highest BCUT2D eigenvalue weighted by atomic mass is 32.2. The van der Waals surface area contributed by atoms with Crippen LogP contribution >= 0.6 is 11.8 Å². The van der Waals surface area contributed by atoms with Gasteiger partial charge in [0.25, 0.3) is 0 Å². The van der Waals surface area contributed by atoms with E-state index in [1.165, 1.54) is 30.2 Å². The molecule has 1 fully saturated rings. The summed E-state index contributed by atoms with van der Waals surface area (Å²) in [4.78, 5) is 16.9. The summed E-state index contributed by atoms with van der Waals surface area (Å²) in [5, 5.41) is 0.945. The molecule has 0 amide bonds. The molecule has 1 aliphatic carbocycles. The van der Waals surface area contributed by atoms with Crippen molar-refractivity contribution in [2.75, 3.05) is 5.75 Å². The zero-order chi connectivity index (χ0) is 16.4. The van der Waals surface area contributed by atoms with Gasteiger partial charge in [0.1, 0.15) is 0 Å². The van der Waals surface area contributed by atoms with Crippen molar-refractivity contribution >= 4 is 17.5 Å². The third-order valence-corrected chi connectivity index (χ3v) is 5.14. The van der Waals surface area contributed by atoms with E-state index in [1.54, 1.807) is 0 Å². The molecule has 3 aromatic rings. The smallest absolute Gasteiger partial charge is 0.173 e. The van der Waals surface area contributed by atoms with Crippen molar-refractivity contribution in [1.82, 2.24) is 9.55 Å². The highest BCUT2D eigenvalue weighted by Gasteiger charge is 2.29. The van der Waals surface area contributed by atoms with Gasteiger partial charge in [0.2, 0.25) is 0 Å². The van der Waals surface area contributed by atoms with E-state index in [0.29, 0.717) is 11.8 Å². The summed E-state index contributed by atoms with van der Waals surface area (Å²) >= 11 is 1.54. The summed E-state index contributed by atoms with van der Waals surface area (Å²) < 4.78 is 2.30. The molecule has 2 aromatic carbocycles. The molecule has 0 radical (unpaired) electrons. The first-order chi connectivity index (χ1) is 11.8. The maximum absolute atomic E-state index is 12.3. The molecule has 1 heterocycles. The summed E-state index contributed by atoms with van der Waals surface area (Å²) in [6.07, 6.45) is 4.32. The topological polar surface area (TPSA) is 34.9 Å². The Morgan fingerprint density at radius 1 is 1.04 bits per heavy atom. The maximum atomic E-state index is 12.3. The fourth-order valence-electron chi connectivity index (χ4n) is 2.80. The van der Waals surface area contributed by atoms with Gasteiger partial charge in [-0.15, -0.1) is 0 Å². The SMILES string of the molecule is O=C(CSc1ncc(-c2ccccc2)n1C1CC1)c1ccccc1. The number of carbonyl (C=O) groups excluding carboxylic acids is 1. The minimum Gasteiger partial charge on any atom is -0.316 e. The second-order valence-corrected chi connectivity index (χ2v) is 6.91. The van der Waals surface area contributed by atoms with Crippen LogP contribution in [0.3, 0.4) is 0 Å². The van der Waals surface area contributed by atoms with Gasteiger partial charge in [-0.1, -0.05) is 72.4 Å². The monoisotopic (exact) mass is 334 g/mol. The minimum absolute atomic E-state index is 0.146. The Balaban J connectivity index is 1.56. The quantitative estimate of drug-likeness (QED) is 0.477. The molecule has 3 nitrogen and oxygen atoms in total. The van der Waals surface area contributed by atoms with Crippen LogP contribution in [0, 0.1) is 0 Å². The van der Waals surface area contributed by atoms with Gasteiger partial charge in [0.15, 0.2) is 10.9 Å². The summed E-state index contributed by atoms with van der Waals surface area (Å²) in [5.74, 6) is 0.564. The number of carbonyl (C=O) groups is 1. The van der Waals surface area contributed by atoms with Crippen LogP contribution in [0.5, 0.6) is 0 Å². The standard InChI is InChI=1S/C20H18N2OS/c23-19(16-9-5-2-6-10-16)14-24-20-21-13-18(22(20)17-11-12-17)15-7-3-1-4-8-15/h1-10,13,17H,11-12,14H2. The van der Waals surface area contributed by atoms with E-state index in [2.05, 4.69) is 21.7 Å². The van der Waals surface area contributed by atoms with Crippen molar-refractivity contribution in [3.63, 3.8) is 0 Å². The van der Waals surface area contributed by atoms with Crippen LogP contribution in [-0.2, 0) is 0 Å². The molecule has 0 spiro atoms. The molecule has 0 bridgehead atoms. The van der Waals surface area contributed by atoms with Crippen molar-refractivity contribution in [3.05, 3.63) is 72.4 Å². The number of hydrogen-bond acceptors (Lipinski definition) is 3. The average molecular weight is 334 g/mol. The Morgan fingerprint density at radius 2 is 1.71 bits per heavy atom. The summed E-state index contributed by atoms with van der Waals surface area (Å²) in [6.45, 7) is 0. The largest absolute Gasteiger partial charge is 0.316 e. The van der Waals surface area contributed by atoms with Crippen molar-refractivity contribution in [2.45, 2.75) is 24.0 Å². The van der Waals surface area contributed by atoms with Gasteiger partial charge < -0.3 is 4.57 Å². The lowest BCUT2D eigenvalue weighted by Gasteiger charge is -2.10. The molecule has 0 aliphatic heterocycles. The second-order valence-electron chi connectivity index (χ2n) is 5.97. The molecule has 0 N–H and O–H groups in total. The van der Waals surface area contributed by atoms with Crippen molar-refractivity contribution in [3.8, 4) is 11.3 Å². The van der Waals surface area contributed by atoms with E-state index in [-0.39, 0.29) is 5.78 Å². The number of thioether (sulfide) groups is 1. The number of benzene rings is 2. The molecule has 24 heavy (non-hydrogen) atoms. The van der Waals surface area contributed by atoms with Gasteiger partial charge in [0.05, 0.1) is 17.6 Å². The van der Waals surface area contributed by atoms with E-state index >= 15 is 0 Å². The summed E-state index contributed by atoms with van der Waals surface area (Å²) in [6, 6.07) is 20.3. The highest BCUT2D eigenvalue weighted by molar-refractivity contribution is 7.99. The fraction of sp³-hybridized carbons (Fsp3) is 0.200. The normalized spacial score (nSPS) is 13.8. The first-order valence-corrected chi connectivity index (χ1v) is 9.15. The van der Waals surface area contributed by atoms with Crippen LogP contribution in [0.15, 0.2) is 72.0 Å². The van der Waals surface area contributed by atoms with Gasteiger partial charge in [0, 0.05) is 11.6 Å². The fourth-order valence-corrected chi connectivity index (χ4v) is 3.74. The molecular formula is C20H18N2OS. The lowest BCUT2D eigenvalue weighted by Crippen LogP contribution is -2.05. The first-order valence-electron chi connectivity index (χ1n) is 8.16. The van der Waals surface area contributed by atoms with E-state index in [0.717, 1.165) is 16.4 Å². The maximum Gasteiger partial charge on any atom is 0.173 e. The molecule has 0 unspecified atom stereocenters. The molecule has 1 saturated carbocycles. The van der Waals surface area contributed by atoms with Crippen LogP contribution in [0.4, 0.5) is 0 Å². The van der Waals surface area contributed by atoms with Crippen LogP contribution < -0.4 is 0 Å². The zero-order valence-electron chi connectivity index (χ0n) is 13.3. The van der Waals surface area contributed by atoms with E-state index < -0.39 is 0 Å². The number of nitrogens with zero attached hydrogens (tertiary/aromatic N) is 2. The van der Waals surface area contributed by atoms with Crippen molar-refractivity contribution in [1.29, 1.82) is 0 Å².